The number of nitrogens with one attached hydrogen (secondary N) is 1. The van der Waals surface area contributed by atoms with E-state index in [0.717, 1.165) is 0 Å². The van der Waals surface area contributed by atoms with Gasteiger partial charge in [0.15, 0.2) is 0 Å². The summed E-state index contributed by atoms with van der Waals surface area (Å²) in [5.74, 6) is 0. The maximum absolute atomic E-state index is 7.32. The lowest BCUT2D eigenvalue weighted by Crippen LogP contribution is -1.91. The first-order valence-electron chi connectivity index (χ1n) is 0.724. The van der Waals surface area contributed by atoms with Gasteiger partial charge in [-0.05, 0) is 0 Å². The Balaban J connectivity index is 0. The average molecular weight is 59.1 g/mol. The topological polar surface area (TPSA) is 32.3 Å². The van der Waals surface area contributed by atoms with Crippen LogP contribution in [0.3, 0.4) is 0 Å². The van der Waals surface area contributed by atoms with Crippen LogP contribution in [0.2, 0.25) is 0 Å². The van der Waals surface area contributed by atoms with Crippen molar-refractivity contribution in [2.24, 2.45) is 0 Å². The van der Waals surface area contributed by atoms with E-state index in [1.807, 2.05) is 0 Å². The second kappa shape index (κ2) is 12.7. The number of hydrogen-bond acceptors (Lipinski definition) is 2. The van der Waals surface area contributed by atoms with Gasteiger partial charge in [0, 0.05) is 14.5 Å². The van der Waals surface area contributed by atoms with Gasteiger partial charge in [0.1, 0.15) is 0 Å². The molecular weight excluding hydrogens is 54.0 g/mol. The van der Waals surface area contributed by atoms with Gasteiger partial charge < -0.3 is 5.21 Å². The normalized spacial score (nSPS) is 4.50. The number of rotatable bonds is 0. The molecule has 0 spiro atoms. The lowest BCUT2D eigenvalue weighted by Gasteiger charge is -1.60. The molecule has 0 unspecified atom stereocenters. The van der Waals surface area contributed by atoms with Crippen molar-refractivity contribution >= 4 is 0 Å². The molecular formula is C2H5NO. The lowest BCUT2D eigenvalue weighted by atomic mass is 11.6. The highest BCUT2D eigenvalue weighted by molar-refractivity contribution is 3.65. The smallest absolute Gasteiger partial charge is 0.00929 e. The van der Waals surface area contributed by atoms with E-state index in [1.54, 1.807) is 5.48 Å². The Morgan fingerprint density at radius 2 is 1.75 bits per heavy atom. The molecule has 0 aromatic rings. The van der Waals surface area contributed by atoms with Gasteiger partial charge in [-0.1, -0.05) is 0 Å². The van der Waals surface area contributed by atoms with Crippen molar-refractivity contribution in [3.63, 3.8) is 0 Å². The molecule has 2 nitrogen and oxygen atoms in total. The monoisotopic (exact) mass is 59.0 g/mol. The Labute approximate surface area is 26.4 Å². The fourth-order valence-corrected chi connectivity index (χ4v) is 0. The highest BCUT2D eigenvalue weighted by Crippen LogP contribution is 0.957. The first kappa shape index (κ1) is 9.07. The molecule has 0 amide bonds. The Morgan fingerprint density at radius 1 is 1.75 bits per heavy atom. The van der Waals surface area contributed by atoms with Gasteiger partial charge in [0.2, 0.25) is 0 Å². The highest BCUT2D eigenvalue weighted by atomic mass is 16.5. The summed E-state index contributed by atoms with van der Waals surface area (Å²) in [5, 5.41) is 7.32. The van der Waals surface area contributed by atoms with Gasteiger partial charge in [-0.15, -0.1) is 0 Å². The second-order valence-corrected chi connectivity index (χ2v) is 0.224. The van der Waals surface area contributed by atoms with Gasteiger partial charge in [-0.3, -0.25) is 0 Å². The van der Waals surface area contributed by atoms with E-state index in [0.29, 0.717) is 0 Å². The lowest BCUT2D eigenvalue weighted by molar-refractivity contribution is 0.194. The van der Waals surface area contributed by atoms with Crippen molar-refractivity contribution < 1.29 is 5.21 Å². The minimum Gasteiger partial charge on any atom is -0.317 e. The van der Waals surface area contributed by atoms with Crippen LogP contribution in [-0.4, -0.2) is 12.3 Å². The van der Waals surface area contributed by atoms with Gasteiger partial charge in [0.25, 0.3) is 0 Å². The summed E-state index contributed by atoms with van der Waals surface area (Å²) in [7, 11) is 1.43. The van der Waals surface area contributed by atoms with Crippen LogP contribution >= 0.6 is 0 Å². The molecule has 0 heterocycles. The van der Waals surface area contributed by atoms with Crippen LogP contribution in [0.5, 0.6) is 0 Å². The molecule has 0 bridgehead atoms. The maximum Gasteiger partial charge on any atom is 0.00929 e. The van der Waals surface area contributed by atoms with Gasteiger partial charge in [-0.2, -0.15) is 0 Å². The zero-order valence-electron chi connectivity index (χ0n) is 2.45. The third-order valence-corrected chi connectivity index (χ3v) is 0. The Morgan fingerprint density at radius 3 is 1.75 bits per heavy atom. The van der Waals surface area contributed by atoms with Crippen LogP contribution in [0.15, 0.2) is 0 Å². The first-order valence-corrected chi connectivity index (χ1v) is 0.724. The highest BCUT2D eigenvalue weighted by Gasteiger charge is 1.24. The predicted octanol–water partition coefficient (Wildman–Crippen LogP) is -0.324. The zero-order valence-corrected chi connectivity index (χ0v) is 2.45. The Bertz CT molecular complexity index is 6.00. The van der Waals surface area contributed by atoms with Crippen LogP contribution < -0.4 is 5.48 Å². The van der Waals surface area contributed by atoms with Crippen LogP contribution in [-0.2, 0) is 0 Å². The van der Waals surface area contributed by atoms with E-state index in [-0.39, 0.29) is 7.43 Å². The molecule has 0 aliphatic rings. The summed E-state index contributed by atoms with van der Waals surface area (Å²) in [6.45, 7) is 0. The molecule has 4 heavy (non-hydrogen) atoms. The average Bonchev–Trinajstić information content (AvgIpc) is 0.918. The quantitative estimate of drug-likeness (QED) is 0.375. The van der Waals surface area contributed by atoms with Crippen molar-refractivity contribution in [3.05, 3.63) is 7.43 Å². The molecule has 2 N–H and O–H groups in total. The fourth-order valence-electron chi connectivity index (χ4n) is 0. The van der Waals surface area contributed by atoms with Crippen LogP contribution in [0.4, 0.5) is 0 Å². The van der Waals surface area contributed by atoms with Gasteiger partial charge in [0.05, 0.1) is 0 Å². The molecule has 2 heteroatoms. The molecule has 4 radical (unpaired) electrons. The van der Waals surface area contributed by atoms with E-state index in [1.165, 1.54) is 7.05 Å². The summed E-state index contributed by atoms with van der Waals surface area (Å²) in [6, 6.07) is 0. The maximum atomic E-state index is 7.32. The molecule has 0 aromatic carbocycles. The van der Waals surface area contributed by atoms with Gasteiger partial charge in [-0.25, -0.2) is 5.48 Å². The van der Waals surface area contributed by atoms with E-state index < -0.39 is 0 Å². The van der Waals surface area contributed by atoms with Crippen LogP contribution in [0, 0.1) is 7.43 Å². The summed E-state index contributed by atoms with van der Waals surface area (Å²) in [4.78, 5) is 0. The van der Waals surface area contributed by atoms with Crippen molar-refractivity contribution in [2.75, 3.05) is 7.05 Å². The van der Waals surface area contributed by atoms with Gasteiger partial charge >= 0.3 is 0 Å². The first-order chi connectivity index (χ1) is 1.41. The third kappa shape index (κ3) is 254. The molecule has 0 aliphatic carbocycles. The molecule has 0 saturated carbocycles. The van der Waals surface area contributed by atoms with Crippen molar-refractivity contribution in [1.82, 2.24) is 5.48 Å². The van der Waals surface area contributed by atoms with Crippen molar-refractivity contribution in [2.45, 2.75) is 0 Å². The Kier molecular flexibility index (Phi) is 28.8. The molecule has 0 saturated heterocycles. The van der Waals surface area contributed by atoms with Crippen LogP contribution in [0.1, 0.15) is 0 Å². The molecule has 0 rings (SSSR count). The summed E-state index contributed by atoms with van der Waals surface area (Å²) in [6.07, 6.45) is 0. The van der Waals surface area contributed by atoms with E-state index in [2.05, 4.69) is 0 Å². The molecule has 0 aliphatic heterocycles. The molecule has 0 atom stereocenters. The number of hydroxylamine groups is 1. The minimum atomic E-state index is 0. The SMILES string of the molecule is CNO.[C]. The molecule has 0 fully saturated rings. The molecule has 0 aromatic heterocycles. The minimum absolute atomic E-state index is 0. The fraction of sp³-hybridized carbons (Fsp3) is 0.500. The number of hydrogen-bond donors (Lipinski definition) is 2. The second-order valence-electron chi connectivity index (χ2n) is 0.224. The third-order valence-electron chi connectivity index (χ3n) is 0. The largest absolute Gasteiger partial charge is 0.317 e. The van der Waals surface area contributed by atoms with Crippen LogP contribution in [0.25, 0.3) is 0 Å². The predicted molar refractivity (Wildman–Crippen MR) is 14.1 cm³/mol. The van der Waals surface area contributed by atoms with E-state index in [4.69, 9.17) is 5.21 Å². The Hall–Kier alpha value is -0.0800. The summed E-state index contributed by atoms with van der Waals surface area (Å²) in [5.41, 5.74) is 1.75. The molecule has 24 valence electrons. The summed E-state index contributed by atoms with van der Waals surface area (Å²) < 4.78 is 0. The van der Waals surface area contributed by atoms with Crippen molar-refractivity contribution in [1.29, 1.82) is 0 Å². The van der Waals surface area contributed by atoms with E-state index in [9.17, 15) is 0 Å². The standard InChI is InChI=1S/CH5NO.C/c1-2-3;/h2-3H,1H3;. The zero-order chi connectivity index (χ0) is 2.71. The van der Waals surface area contributed by atoms with E-state index >= 15 is 0 Å². The summed E-state index contributed by atoms with van der Waals surface area (Å²) >= 11 is 0. The van der Waals surface area contributed by atoms with Crippen molar-refractivity contribution in [3.8, 4) is 0 Å².